The zero-order valence-corrected chi connectivity index (χ0v) is 7.22. The van der Waals surface area contributed by atoms with Crippen molar-refractivity contribution in [3.63, 3.8) is 0 Å². The van der Waals surface area contributed by atoms with Crippen LogP contribution in [0.4, 0.5) is 0 Å². The van der Waals surface area contributed by atoms with Crippen molar-refractivity contribution in [1.29, 1.82) is 0 Å². The molecule has 0 fully saturated rings. The Labute approximate surface area is 78.0 Å². The molecule has 0 bridgehead atoms. The Morgan fingerprint density at radius 3 is 1.08 bits per heavy atom. The Bertz CT molecular complexity index is 303. The van der Waals surface area contributed by atoms with Crippen LogP contribution in [0, 0.1) is 0 Å². The first-order valence-corrected chi connectivity index (χ1v) is 4.07. The summed E-state index contributed by atoms with van der Waals surface area (Å²) < 4.78 is 0. The lowest BCUT2D eigenvalue weighted by molar-refractivity contribution is 0.824. The van der Waals surface area contributed by atoms with Crippen molar-refractivity contribution in [2.45, 2.75) is 0 Å². The van der Waals surface area contributed by atoms with E-state index in [1.54, 1.807) is 0 Å². The van der Waals surface area contributed by atoms with Crippen LogP contribution in [0.25, 0.3) is 11.1 Å². The van der Waals surface area contributed by atoms with Crippen molar-refractivity contribution in [2.24, 2.45) is 0 Å². The fourth-order valence-corrected chi connectivity index (χ4v) is 1.26. The largest absolute Gasteiger partial charge is 0.255 e. The number of hydrogen-bond acceptors (Lipinski definition) is 0. The van der Waals surface area contributed by atoms with E-state index < -0.39 is 0 Å². The minimum atomic E-state index is 0. The summed E-state index contributed by atoms with van der Waals surface area (Å²) in [5, 5.41) is 0. The molecule has 2 aromatic rings. The molecule has 0 heterocycles. The molecule has 2 aromatic carbocycles. The molecule has 0 aliphatic carbocycles. The van der Waals surface area contributed by atoms with Gasteiger partial charge in [-0.2, -0.15) is 0 Å². The molecule has 0 aromatic heterocycles. The molecule has 1 N–H and O–H groups in total. The molecule has 0 spiro atoms. The molecule has 1 heteroatoms. The van der Waals surface area contributed by atoms with E-state index in [0.717, 1.165) is 0 Å². The van der Waals surface area contributed by atoms with Gasteiger partial charge in [-0.05, 0) is 11.1 Å². The lowest BCUT2D eigenvalue weighted by atomic mass is 10.1. The summed E-state index contributed by atoms with van der Waals surface area (Å²) in [6.07, 6.45) is 0. The highest BCUT2D eigenvalue weighted by atomic mass is 16.0. The van der Waals surface area contributed by atoms with Gasteiger partial charge in [0.05, 0.1) is 0 Å². The number of benzene rings is 2. The van der Waals surface area contributed by atoms with E-state index in [0.29, 0.717) is 0 Å². The zero-order chi connectivity index (χ0) is 8.23. The molecular formula is C12H11O. The predicted octanol–water partition coefficient (Wildman–Crippen LogP) is 3.18. The van der Waals surface area contributed by atoms with Gasteiger partial charge in [0.1, 0.15) is 0 Å². The molecule has 0 aliphatic rings. The normalized spacial score (nSPS) is 8.92. The van der Waals surface area contributed by atoms with Crippen LogP contribution in [-0.2, 0) is 0 Å². The van der Waals surface area contributed by atoms with Gasteiger partial charge >= 0.3 is 0 Å². The van der Waals surface area contributed by atoms with E-state index in [2.05, 4.69) is 48.5 Å². The standard InChI is InChI=1S/C12H10.HO/c1-3-7-11(8-4-1)12-9-5-2-6-10-12;/h1-10H;1H. The third-order valence-electron chi connectivity index (χ3n) is 1.88. The minimum absolute atomic E-state index is 0. The Morgan fingerprint density at radius 2 is 0.769 bits per heavy atom. The second-order valence-corrected chi connectivity index (χ2v) is 2.73. The fourth-order valence-electron chi connectivity index (χ4n) is 1.26. The molecule has 13 heavy (non-hydrogen) atoms. The van der Waals surface area contributed by atoms with Gasteiger partial charge in [0.25, 0.3) is 0 Å². The lowest BCUT2D eigenvalue weighted by Gasteiger charge is -1.98. The van der Waals surface area contributed by atoms with Gasteiger partial charge in [-0.3, -0.25) is 5.48 Å². The molecule has 0 aliphatic heterocycles. The average molecular weight is 171 g/mol. The summed E-state index contributed by atoms with van der Waals surface area (Å²) in [4.78, 5) is 0. The van der Waals surface area contributed by atoms with Crippen molar-refractivity contribution in [2.75, 3.05) is 0 Å². The first-order chi connectivity index (χ1) is 5.97. The molecule has 0 atom stereocenters. The number of rotatable bonds is 1. The van der Waals surface area contributed by atoms with E-state index in [1.165, 1.54) is 11.1 Å². The maximum atomic E-state index is 2.12. The van der Waals surface area contributed by atoms with Crippen LogP contribution in [0.5, 0.6) is 0 Å². The molecule has 0 amide bonds. The maximum absolute atomic E-state index is 2.12. The van der Waals surface area contributed by atoms with Crippen molar-refractivity contribution in [3.05, 3.63) is 60.7 Å². The predicted molar refractivity (Wildman–Crippen MR) is 53.8 cm³/mol. The summed E-state index contributed by atoms with van der Waals surface area (Å²) in [6.45, 7) is 0. The summed E-state index contributed by atoms with van der Waals surface area (Å²) in [5.74, 6) is 0. The second kappa shape index (κ2) is 4.43. The Balaban J connectivity index is 0.000000845. The van der Waals surface area contributed by atoms with Gasteiger partial charge in [-0.1, -0.05) is 60.7 Å². The van der Waals surface area contributed by atoms with Crippen molar-refractivity contribution >= 4 is 0 Å². The van der Waals surface area contributed by atoms with Gasteiger partial charge in [-0.15, -0.1) is 0 Å². The molecule has 0 saturated carbocycles. The van der Waals surface area contributed by atoms with Crippen LogP contribution in [0.1, 0.15) is 0 Å². The van der Waals surface area contributed by atoms with Crippen LogP contribution >= 0.6 is 0 Å². The summed E-state index contributed by atoms with van der Waals surface area (Å²) in [6, 6.07) is 20.8. The van der Waals surface area contributed by atoms with E-state index in [9.17, 15) is 0 Å². The Hall–Kier alpha value is -1.60. The van der Waals surface area contributed by atoms with E-state index >= 15 is 0 Å². The molecular weight excluding hydrogens is 160 g/mol. The van der Waals surface area contributed by atoms with E-state index in [1.807, 2.05) is 12.1 Å². The van der Waals surface area contributed by atoms with Crippen LogP contribution in [-0.4, -0.2) is 5.48 Å². The first kappa shape index (κ1) is 9.49. The fraction of sp³-hybridized carbons (Fsp3) is 0. The smallest absolute Gasteiger partial charge is 0.0184 e. The molecule has 1 nitrogen and oxygen atoms in total. The third kappa shape index (κ3) is 2.17. The van der Waals surface area contributed by atoms with Crippen LogP contribution in [0.15, 0.2) is 60.7 Å². The summed E-state index contributed by atoms with van der Waals surface area (Å²) in [7, 11) is 0. The third-order valence-corrected chi connectivity index (χ3v) is 1.88. The Kier molecular flexibility index (Phi) is 3.23. The van der Waals surface area contributed by atoms with Crippen molar-refractivity contribution in [3.8, 4) is 11.1 Å². The van der Waals surface area contributed by atoms with Crippen LogP contribution in [0.2, 0.25) is 0 Å². The van der Waals surface area contributed by atoms with Crippen molar-refractivity contribution < 1.29 is 5.48 Å². The second-order valence-electron chi connectivity index (χ2n) is 2.73. The van der Waals surface area contributed by atoms with Gasteiger partial charge in [0.15, 0.2) is 0 Å². The van der Waals surface area contributed by atoms with E-state index in [4.69, 9.17) is 0 Å². The van der Waals surface area contributed by atoms with Gasteiger partial charge < -0.3 is 0 Å². The highest BCUT2D eigenvalue weighted by Gasteiger charge is 1.91. The van der Waals surface area contributed by atoms with E-state index in [-0.39, 0.29) is 5.48 Å². The Morgan fingerprint density at radius 1 is 0.462 bits per heavy atom. The SMILES string of the molecule is [OH].c1ccc(-c2ccccc2)cc1. The highest BCUT2D eigenvalue weighted by molar-refractivity contribution is 5.62. The van der Waals surface area contributed by atoms with Crippen molar-refractivity contribution in [1.82, 2.24) is 0 Å². The first-order valence-electron chi connectivity index (χ1n) is 4.07. The van der Waals surface area contributed by atoms with Crippen LogP contribution in [0.3, 0.4) is 0 Å². The quantitative estimate of drug-likeness (QED) is 0.683. The summed E-state index contributed by atoms with van der Waals surface area (Å²) in [5.41, 5.74) is 2.55. The number of hydrogen-bond donors (Lipinski definition) is 1. The molecule has 2 rings (SSSR count). The van der Waals surface area contributed by atoms with Crippen LogP contribution < -0.4 is 0 Å². The lowest BCUT2D eigenvalue weighted by Crippen LogP contribution is -1.73. The van der Waals surface area contributed by atoms with Gasteiger partial charge in [-0.25, -0.2) is 0 Å². The average Bonchev–Trinajstić information content (AvgIpc) is 2.21. The molecule has 65 valence electrons. The molecule has 0 unspecified atom stereocenters. The monoisotopic (exact) mass is 171 g/mol. The van der Waals surface area contributed by atoms with Gasteiger partial charge in [0, 0.05) is 0 Å². The molecule has 1 radical (unpaired) electrons. The topological polar surface area (TPSA) is 30.0 Å². The maximum Gasteiger partial charge on any atom is -0.0184 e. The minimum Gasteiger partial charge on any atom is -0.255 e. The molecule has 0 saturated heterocycles. The summed E-state index contributed by atoms with van der Waals surface area (Å²) >= 11 is 0. The van der Waals surface area contributed by atoms with Gasteiger partial charge in [0.2, 0.25) is 0 Å². The highest BCUT2D eigenvalue weighted by Crippen LogP contribution is 2.17. The zero-order valence-electron chi connectivity index (χ0n) is 7.22.